The van der Waals surface area contributed by atoms with Gasteiger partial charge in [-0.05, 0) is 18.2 Å². The van der Waals surface area contributed by atoms with Crippen molar-refractivity contribution >= 4 is 33.4 Å². The van der Waals surface area contributed by atoms with Crippen LogP contribution in [0.15, 0.2) is 18.2 Å². The van der Waals surface area contributed by atoms with Gasteiger partial charge < -0.3 is 19.9 Å². The topological polar surface area (TPSA) is 114 Å². The highest BCUT2D eigenvalue weighted by Gasteiger charge is 2.33. The second kappa shape index (κ2) is 8.13. The van der Waals surface area contributed by atoms with Crippen molar-refractivity contribution in [3.8, 4) is 0 Å². The average Bonchev–Trinajstić information content (AvgIpc) is 3.01. The lowest BCUT2D eigenvalue weighted by Gasteiger charge is -2.35. The number of hydrogen-bond donors (Lipinski definition) is 0. The summed E-state index contributed by atoms with van der Waals surface area (Å²) >= 11 is 0. The zero-order chi connectivity index (χ0) is 21.3. The van der Waals surface area contributed by atoms with Gasteiger partial charge in [0.25, 0.3) is 0 Å². The van der Waals surface area contributed by atoms with E-state index in [1.165, 1.54) is 21.3 Å². The van der Waals surface area contributed by atoms with E-state index >= 15 is 0 Å². The van der Waals surface area contributed by atoms with Gasteiger partial charge in [0.1, 0.15) is 11.9 Å². The van der Waals surface area contributed by atoms with Crippen molar-refractivity contribution in [2.45, 2.75) is 13.0 Å². The van der Waals surface area contributed by atoms with Crippen molar-refractivity contribution in [2.75, 3.05) is 55.3 Å². The Morgan fingerprint density at radius 2 is 1.97 bits per heavy atom. The molecule has 0 N–H and O–H groups in total. The van der Waals surface area contributed by atoms with Gasteiger partial charge in [-0.3, -0.25) is 9.69 Å². The predicted octanol–water partition coefficient (Wildman–Crippen LogP) is 0.579. The zero-order valence-corrected chi connectivity index (χ0v) is 16.9. The van der Waals surface area contributed by atoms with Gasteiger partial charge in [-0.15, -0.1) is 0 Å². The molecular formula is C17H22FN4O6S-. The average molecular weight is 429 g/mol. The van der Waals surface area contributed by atoms with Crippen LogP contribution in [0.25, 0.3) is 0 Å². The molecule has 0 spiro atoms. The summed E-state index contributed by atoms with van der Waals surface area (Å²) in [4.78, 5) is 26.1. The van der Waals surface area contributed by atoms with Crippen LogP contribution in [-0.4, -0.2) is 81.4 Å². The monoisotopic (exact) mass is 429 g/mol. The van der Waals surface area contributed by atoms with Crippen molar-refractivity contribution in [1.29, 1.82) is 0 Å². The molecule has 0 bridgehead atoms. The van der Waals surface area contributed by atoms with Gasteiger partial charge >= 0.3 is 6.09 Å². The predicted molar refractivity (Wildman–Crippen MR) is 103 cm³/mol. The molecule has 0 aliphatic carbocycles. The Morgan fingerprint density at radius 3 is 2.52 bits per heavy atom. The van der Waals surface area contributed by atoms with Crippen LogP contribution in [-0.2, 0) is 19.6 Å². The van der Waals surface area contributed by atoms with E-state index in [0.29, 0.717) is 18.8 Å². The quantitative estimate of drug-likeness (QED) is 0.629. The highest BCUT2D eigenvalue weighted by Crippen LogP contribution is 2.29. The maximum absolute atomic E-state index is 14.7. The minimum Gasteiger partial charge on any atom is -0.756 e. The highest BCUT2D eigenvalue weighted by molar-refractivity contribution is 7.88. The number of benzene rings is 1. The van der Waals surface area contributed by atoms with Gasteiger partial charge in [-0.1, -0.05) is 0 Å². The largest absolute Gasteiger partial charge is 0.756 e. The van der Waals surface area contributed by atoms with E-state index in [2.05, 4.69) is 0 Å². The van der Waals surface area contributed by atoms with Crippen molar-refractivity contribution < 1.29 is 27.1 Å². The first-order valence-corrected chi connectivity index (χ1v) is 10.8. The minimum absolute atomic E-state index is 0.0245. The SMILES string of the molecule is CC(=O)N([O-])C[C@@H]1CN(c2ccc(N3CCN(S(C)(=O)=O)CC3)c(F)c2)C(=O)O1. The third-order valence-electron chi connectivity index (χ3n) is 4.89. The van der Waals surface area contributed by atoms with Crippen molar-refractivity contribution in [2.24, 2.45) is 0 Å². The first kappa shape index (κ1) is 21.3. The molecule has 1 aromatic rings. The van der Waals surface area contributed by atoms with Crippen LogP contribution >= 0.6 is 0 Å². The van der Waals surface area contributed by atoms with E-state index in [0.717, 1.165) is 13.2 Å². The fourth-order valence-corrected chi connectivity index (χ4v) is 4.15. The maximum Gasteiger partial charge on any atom is 0.414 e. The number of carbonyl (C=O) groups is 2. The van der Waals surface area contributed by atoms with E-state index in [-0.39, 0.29) is 36.9 Å². The summed E-state index contributed by atoms with van der Waals surface area (Å²) in [5, 5.41) is 11.7. The van der Waals surface area contributed by atoms with E-state index in [9.17, 15) is 27.6 Å². The molecule has 2 aliphatic heterocycles. The number of sulfonamides is 1. The Labute approximate surface area is 168 Å². The van der Waals surface area contributed by atoms with Crippen LogP contribution < -0.4 is 9.80 Å². The number of anilines is 2. The number of cyclic esters (lactones) is 1. The smallest absolute Gasteiger partial charge is 0.414 e. The molecule has 0 saturated carbocycles. The van der Waals surface area contributed by atoms with Crippen LogP contribution in [0.5, 0.6) is 0 Å². The molecule has 2 amide bonds. The molecule has 10 nitrogen and oxygen atoms in total. The molecule has 0 unspecified atom stereocenters. The molecule has 3 rings (SSSR count). The van der Waals surface area contributed by atoms with Crippen molar-refractivity contribution in [3.05, 3.63) is 29.2 Å². The normalized spacial score (nSPS) is 20.7. The summed E-state index contributed by atoms with van der Waals surface area (Å²) < 4.78 is 44.3. The molecule has 1 atom stereocenters. The first-order chi connectivity index (χ1) is 13.6. The van der Waals surface area contributed by atoms with Gasteiger partial charge in [-0.2, -0.15) is 4.31 Å². The van der Waals surface area contributed by atoms with Gasteiger partial charge in [0.05, 0.1) is 24.2 Å². The molecule has 2 fully saturated rings. The summed E-state index contributed by atoms with van der Waals surface area (Å²) in [5.41, 5.74) is 0.585. The number of hydroxylamine groups is 2. The Hall–Kier alpha value is -2.44. The maximum atomic E-state index is 14.7. The number of halogens is 1. The molecular weight excluding hydrogens is 407 g/mol. The van der Waals surface area contributed by atoms with Crippen LogP contribution in [0.3, 0.4) is 0 Å². The van der Waals surface area contributed by atoms with E-state index in [1.54, 1.807) is 11.0 Å². The molecule has 2 saturated heterocycles. The Bertz CT molecular complexity index is 903. The van der Waals surface area contributed by atoms with Gasteiger partial charge in [-0.25, -0.2) is 17.6 Å². The number of piperazine rings is 1. The van der Waals surface area contributed by atoms with Crippen LogP contribution in [0.1, 0.15) is 6.92 Å². The summed E-state index contributed by atoms with van der Waals surface area (Å²) in [7, 11) is -3.28. The lowest BCUT2D eigenvalue weighted by molar-refractivity contribution is -0.127. The summed E-state index contributed by atoms with van der Waals surface area (Å²) in [6, 6.07) is 4.28. The molecule has 1 aromatic carbocycles. The minimum atomic E-state index is -3.28. The number of ether oxygens (including phenoxy) is 1. The molecule has 2 heterocycles. The second-order valence-corrected chi connectivity index (χ2v) is 8.96. The van der Waals surface area contributed by atoms with Gasteiger partial charge in [0, 0.05) is 39.6 Å². The highest BCUT2D eigenvalue weighted by atomic mass is 32.2. The van der Waals surface area contributed by atoms with Gasteiger partial charge in [0.15, 0.2) is 0 Å². The fourth-order valence-electron chi connectivity index (χ4n) is 3.32. The Kier molecular flexibility index (Phi) is 5.96. The second-order valence-electron chi connectivity index (χ2n) is 6.98. The Balaban J connectivity index is 1.67. The number of nitrogens with zero attached hydrogens (tertiary/aromatic N) is 4. The van der Waals surface area contributed by atoms with Crippen molar-refractivity contribution in [3.63, 3.8) is 0 Å². The molecule has 29 heavy (non-hydrogen) atoms. The van der Waals surface area contributed by atoms with Crippen LogP contribution in [0.4, 0.5) is 20.6 Å². The molecule has 2 aliphatic rings. The van der Waals surface area contributed by atoms with Crippen LogP contribution in [0, 0.1) is 11.0 Å². The molecule has 0 radical (unpaired) electrons. The molecule has 0 aromatic heterocycles. The summed E-state index contributed by atoms with van der Waals surface area (Å²) in [5.74, 6) is -1.24. The van der Waals surface area contributed by atoms with Crippen LogP contribution in [0.2, 0.25) is 0 Å². The number of rotatable bonds is 5. The Morgan fingerprint density at radius 1 is 1.31 bits per heavy atom. The summed E-state index contributed by atoms with van der Waals surface area (Å²) in [6.07, 6.45) is -0.375. The fraction of sp³-hybridized carbons (Fsp3) is 0.529. The van der Waals surface area contributed by atoms with E-state index in [4.69, 9.17) is 4.74 Å². The number of hydrogen-bond acceptors (Lipinski definition) is 7. The van der Waals surface area contributed by atoms with E-state index < -0.39 is 33.9 Å². The standard InChI is InChI=1S/C17H22FN4O6S/c1-12(23)22(25)11-14-10-21(17(24)28-14)13-3-4-16(15(18)9-13)19-5-7-20(8-6-19)29(2,26)27/h3-4,9,14H,5-8,10-11H2,1-2H3/q-1/t14-/m0/s1. The third kappa shape index (κ3) is 4.77. The molecule has 12 heteroatoms. The lowest BCUT2D eigenvalue weighted by atomic mass is 10.2. The van der Waals surface area contributed by atoms with E-state index in [1.807, 2.05) is 0 Å². The molecule has 160 valence electrons. The third-order valence-corrected chi connectivity index (χ3v) is 6.19. The zero-order valence-electron chi connectivity index (χ0n) is 16.1. The van der Waals surface area contributed by atoms with Crippen molar-refractivity contribution in [1.82, 2.24) is 9.37 Å². The number of amides is 2. The first-order valence-electron chi connectivity index (χ1n) is 8.99. The lowest BCUT2D eigenvalue weighted by Crippen LogP contribution is -2.48. The summed E-state index contributed by atoms with van der Waals surface area (Å²) in [6.45, 7) is 2.08. The number of carbonyl (C=O) groups excluding carboxylic acids is 2. The van der Waals surface area contributed by atoms with Gasteiger partial charge in [0.2, 0.25) is 15.9 Å².